The molecule has 1 aliphatic heterocycles. The van der Waals surface area contributed by atoms with E-state index in [2.05, 4.69) is 156 Å². The van der Waals surface area contributed by atoms with Crippen LogP contribution >= 0.6 is 0 Å². The number of rotatable bonds is 8. The van der Waals surface area contributed by atoms with E-state index < -0.39 is 6.17 Å². The molecule has 3 aromatic heterocycles. The van der Waals surface area contributed by atoms with Crippen LogP contribution in [0.1, 0.15) is 35.1 Å². The lowest BCUT2D eigenvalue weighted by Crippen LogP contribution is -2.36. The van der Waals surface area contributed by atoms with Crippen LogP contribution in [0.25, 0.3) is 88.1 Å². The molecule has 12 rings (SSSR count). The minimum absolute atomic E-state index is 0.0608. The minimum atomic E-state index is -0.455. The SMILES string of the molecule is NC(NC(c1ccccc1)N1CC1c1ccccc1)c1cccc2oc3ccc(-c4ccc5oc6c(-c7cccc8oc9ccccc9c78)cccc6c5c4)cc3c12. The van der Waals surface area contributed by atoms with E-state index in [9.17, 15) is 0 Å². The van der Waals surface area contributed by atoms with E-state index in [1.165, 1.54) is 11.1 Å². The molecule has 0 aliphatic carbocycles. The zero-order valence-electron chi connectivity index (χ0n) is 31.4. The molecule has 0 spiro atoms. The Morgan fingerprint density at radius 1 is 0.500 bits per heavy atom. The van der Waals surface area contributed by atoms with Crippen LogP contribution in [0.15, 0.2) is 189 Å². The van der Waals surface area contributed by atoms with E-state index in [1.807, 2.05) is 30.3 Å². The summed E-state index contributed by atoms with van der Waals surface area (Å²) in [5, 5.41) is 10.2. The molecule has 0 bridgehead atoms. The van der Waals surface area contributed by atoms with Crippen LogP contribution < -0.4 is 11.1 Å². The summed E-state index contributed by atoms with van der Waals surface area (Å²) >= 11 is 0. The molecule has 3 N–H and O–H groups in total. The van der Waals surface area contributed by atoms with Crippen LogP contribution in [0, 0.1) is 0 Å². The maximum atomic E-state index is 7.16. The van der Waals surface area contributed by atoms with Gasteiger partial charge in [0.15, 0.2) is 0 Å². The van der Waals surface area contributed by atoms with Crippen molar-refractivity contribution in [2.45, 2.75) is 18.4 Å². The second-order valence-electron chi connectivity index (χ2n) is 15.4. The number of nitrogens with one attached hydrogen (secondary N) is 1. The van der Waals surface area contributed by atoms with Gasteiger partial charge < -0.3 is 19.0 Å². The molecule has 1 fully saturated rings. The number of hydrogen-bond donors (Lipinski definition) is 2. The average Bonchev–Trinajstić information content (AvgIpc) is 3.63. The highest BCUT2D eigenvalue weighted by Gasteiger charge is 2.42. The molecule has 58 heavy (non-hydrogen) atoms. The van der Waals surface area contributed by atoms with E-state index in [0.29, 0.717) is 6.04 Å². The molecule has 1 aliphatic rings. The highest BCUT2D eigenvalue weighted by Crippen LogP contribution is 2.45. The van der Waals surface area contributed by atoms with E-state index in [4.69, 9.17) is 19.0 Å². The number of nitrogens with zero attached hydrogens (tertiary/aromatic N) is 1. The number of nitrogens with two attached hydrogens (primary N) is 1. The summed E-state index contributed by atoms with van der Waals surface area (Å²) in [4.78, 5) is 2.47. The van der Waals surface area contributed by atoms with Gasteiger partial charge in [0.1, 0.15) is 33.5 Å². The van der Waals surface area contributed by atoms with Crippen molar-refractivity contribution < 1.29 is 13.3 Å². The molecule has 0 radical (unpaired) electrons. The molecule has 0 saturated carbocycles. The van der Waals surface area contributed by atoms with Gasteiger partial charge in [0.25, 0.3) is 0 Å². The summed E-state index contributed by atoms with van der Waals surface area (Å²) in [6.45, 7) is 0.959. The van der Waals surface area contributed by atoms with Gasteiger partial charge >= 0.3 is 0 Å². The molecule has 6 heteroatoms. The molecule has 4 atom stereocenters. The first-order valence-electron chi connectivity index (χ1n) is 19.8. The zero-order valence-corrected chi connectivity index (χ0v) is 31.4. The highest BCUT2D eigenvalue weighted by molar-refractivity contribution is 6.17. The smallest absolute Gasteiger partial charge is 0.143 e. The predicted octanol–water partition coefficient (Wildman–Crippen LogP) is 13.0. The normalized spacial score (nSPS) is 16.6. The van der Waals surface area contributed by atoms with Crippen molar-refractivity contribution in [1.82, 2.24) is 10.2 Å². The number of benzene rings is 8. The minimum Gasteiger partial charge on any atom is -0.456 e. The first-order valence-corrected chi connectivity index (χ1v) is 19.8. The predicted molar refractivity (Wildman–Crippen MR) is 234 cm³/mol. The van der Waals surface area contributed by atoms with Crippen molar-refractivity contribution in [2.75, 3.05) is 6.54 Å². The lowest BCUT2D eigenvalue weighted by atomic mass is 9.96. The first kappa shape index (κ1) is 33.2. The van der Waals surface area contributed by atoms with Gasteiger partial charge in [-0.3, -0.25) is 10.2 Å². The number of hydrogen-bond acceptors (Lipinski definition) is 6. The van der Waals surface area contributed by atoms with Gasteiger partial charge in [0, 0.05) is 50.5 Å². The molecule has 6 nitrogen and oxygen atoms in total. The standard InChI is InChI=1S/C52H37N3O3/c53-51(54-52(32-14-5-2-6-15-32)55-30-42(55)31-12-3-1-4-13-31)39-20-11-23-47-49(39)41-29-34(25-27-45(41)57-47)33-24-26-44-40(28-33)37-19-9-18-36(50(37)58-44)35-17-10-22-46-48(35)38-16-7-8-21-43(38)56-46/h1-29,42,51-52,54H,30,53H2. The van der Waals surface area contributed by atoms with E-state index in [-0.39, 0.29) is 6.17 Å². The summed E-state index contributed by atoms with van der Waals surface area (Å²) in [5.41, 5.74) is 20.1. The second kappa shape index (κ2) is 13.0. The molecule has 278 valence electrons. The Balaban J connectivity index is 0.926. The van der Waals surface area contributed by atoms with Gasteiger partial charge in [-0.1, -0.05) is 133 Å². The monoisotopic (exact) mass is 751 g/mol. The average molecular weight is 752 g/mol. The lowest BCUT2D eigenvalue weighted by Gasteiger charge is -2.26. The Hall–Kier alpha value is -6.96. The molecular weight excluding hydrogens is 715 g/mol. The summed E-state index contributed by atoms with van der Waals surface area (Å²) in [5.74, 6) is 0. The van der Waals surface area contributed by atoms with Crippen molar-refractivity contribution in [3.63, 3.8) is 0 Å². The van der Waals surface area contributed by atoms with Gasteiger partial charge in [-0.2, -0.15) is 0 Å². The Kier molecular flexibility index (Phi) is 7.47. The molecule has 4 heterocycles. The van der Waals surface area contributed by atoms with Crippen LogP contribution in [-0.4, -0.2) is 11.4 Å². The molecule has 4 unspecified atom stereocenters. The maximum absolute atomic E-state index is 7.16. The maximum Gasteiger partial charge on any atom is 0.143 e. The van der Waals surface area contributed by atoms with Crippen LogP contribution in [-0.2, 0) is 0 Å². The van der Waals surface area contributed by atoms with Crippen molar-refractivity contribution in [3.05, 3.63) is 193 Å². The molecule has 11 aromatic rings. The fourth-order valence-electron chi connectivity index (χ4n) is 9.17. The lowest BCUT2D eigenvalue weighted by molar-refractivity contribution is 0.287. The number of para-hydroxylation sites is 2. The quantitative estimate of drug-likeness (QED) is 0.119. The fourth-order valence-corrected chi connectivity index (χ4v) is 9.17. The Morgan fingerprint density at radius 2 is 1.10 bits per heavy atom. The number of furan rings is 3. The van der Waals surface area contributed by atoms with Crippen molar-refractivity contribution in [3.8, 4) is 22.3 Å². The number of fused-ring (bicyclic) bond motifs is 9. The first-order chi connectivity index (χ1) is 28.7. The Labute approximate surface area is 333 Å². The van der Waals surface area contributed by atoms with Crippen molar-refractivity contribution in [1.29, 1.82) is 0 Å². The third-order valence-electron chi connectivity index (χ3n) is 12.0. The highest BCUT2D eigenvalue weighted by atomic mass is 16.3. The summed E-state index contributed by atoms with van der Waals surface area (Å²) in [6, 6.07) is 61.6. The van der Waals surface area contributed by atoms with Gasteiger partial charge in [0.2, 0.25) is 0 Å². The van der Waals surface area contributed by atoms with Crippen molar-refractivity contribution >= 4 is 65.8 Å². The van der Waals surface area contributed by atoms with Crippen LogP contribution in [0.2, 0.25) is 0 Å². The molecule has 8 aromatic carbocycles. The second-order valence-corrected chi connectivity index (χ2v) is 15.4. The van der Waals surface area contributed by atoms with Gasteiger partial charge in [0.05, 0.1) is 12.3 Å². The topological polar surface area (TPSA) is 80.5 Å². The fraction of sp³-hybridized carbons (Fsp3) is 0.0769. The third kappa shape index (κ3) is 5.31. The van der Waals surface area contributed by atoms with Gasteiger partial charge in [-0.15, -0.1) is 0 Å². The van der Waals surface area contributed by atoms with E-state index >= 15 is 0 Å². The van der Waals surface area contributed by atoms with E-state index in [1.54, 1.807) is 0 Å². The van der Waals surface area contributed by atoms with Crippen molar-refractivity contribution in [2.24, 2.45) is 5.73 Å². The summed E-state index contributed by atoms with van der Waals surface area (Å²) < 4.78 is 19.4. The molecule has 1 saturated heterocycles. The van der Waals surface area contributed by atoms with Crippen LogP contribution in [0.5, 0.6) is 0 Å². The van der Waals surface area contributed by atoms with Crippen LogP contribution in [0.3, 0.4) is 0 Å². The summed E-state index contributed by atoms with van der Waals surface area (Å²) in [7, 11) is 0. The zero-order chi connectivity index (χ0) is 38.3. The van der Waals surface area contributed by atoms with Gasteiger partial charge in [-0.05, 0) is 75.8 Å². The Morgan fingerprint density at radius 3 is 1.91 bits per heavy atom. The van der Waals surface area contributed by atoms with E-state index in [0.717, 1.165) is 100 Å². The largest absolute Gasteiger partial charge is 0.456 e. The third-order valence-corrected chi connectivity index (χ3v) is 12.0. The molecule has 0 amide bonds. The molecular formula is C52H37N3O3. The summed E-state index contributed by atoms with van der Waals surface area (Å²) in [6.07, 6.45) is -0.515. The van der Waals surface area contributed by atoms with Gasteiger partial charge in [-0.25, -0.2) is 0 Å². The van der Waals surface area contributed by atoms with Crippen LogP contribution in [0.4, 0.5) is 0 Å². The Bertz CT molecular complexity index is 3340.